The summed E-state index contributed by atoms with van der Waals surface area (Å²) < 4.78 is 17.1. The number of benzene rings is 10. The summed E-state index contributed by atoms with van der Waals surface area (Å²) in [6.45, 7) is 12.2. The fraction of sp³-hybridized carbons (Fsp3) is 0.0484. The van der Waals surface area contributed by atoms with E-state index < -0.39 is 0 Å². The number of para-hydroxylation sites is 2. The molecule has 0 aliphatic heterocycles. The second-order valence-electron chi connectivity index (χ2n) is 17.4. The molecule has 314 valence electrons. The summed E-state index contributed by atoms with van der Waals surface area (Å²) in [6.07, 6.45) is 0. The van der Waals surface area contributed by atoms with Gasteiger partial charge in [0.2, 0.25) is 0 Å². The Morgan fingerprint density at radius 3 is 1.55 bits per heavy atom. The van der Waals surface area contributed by atoms with Gasteiger partial charge >= 0.3 is 0 Å². The molecule has 4 heteroatoms. The lowest BCUT2D eigenvalue weighted by atomic mass is 9.81. The summed E-state index contributed by atoms with van der Waals surface area (Å²) in [7, 11) is 0. The Kier molecular flexibility index (Phi) is 10.1. The van der Waals surface area contributed by atoms with Crippen LogP contribution in [-0.4, -0.2) is 0 Å². The van der Waals surface area contributed by atoms with Gasteiger partial charge in [-0.1, -0.05) is 172 Å². The maximum atomic E-state index is 17.1. The maximum Gasteiger partial charge on any atom is 0.187 e. The van der Waals surface area contributed by atoms with Crippen LogP contribution in [0.25, 0.3) is 60.1 Å². The minimum Gasteiger partial charge on any atom is -0.310 e. The summed E-state index contributed by atoms with van der Waals surface area (Å²) in [6, 6.07) is 78.8. The highest BCUT2D eigenvalue weighted by molar-refractivity contribution is 6.10. The molecular formula is C62H44FN3. The molecule has 1 aliphatic carbocycles. The van der Waals surface area contributed by atoms with Crippen molar-refractivity contribution in [2.24, 2.45) is 0 Å². The van der Waals surface area contributed by atoms with Gasteiger partial charge in [-0.05, 0) is 128 Å². The molecule has 0 amide bonds. The molecule has 0 spiro atoms. The molecule has 0 radical (unpaired) electrons. The summed E-state index contributed by atoms with van der Waals surface area (Å²) in [5.41, 5.74) is 16.4. The molecule has 3 nitrogen and oxygen atoms in total. The lowest BCUT2D eigenvalue weighted by Gasteiger charge is -2.30. The van der Waals surface area contributed by atoms with Gasteiger partial charge in [-0.2, -0.15) is 0 Å². The SMILES string of the molecule is [C-]#[N+]c1ccc(N(c2ccccc2)c2cc3c(c4ccccc24)-c2ccc(-c4ccc(N(c5ccccc5)c5c(F)cc(-c6ccccc6)cc5-c5ccccc5)cc4)cc2C3(C)C)cc1. The molecule has 0 saturated carbocycles. The molecule has 10 aromatic carbocycles. The molecular weight excluding hydrogens is 806 g/mol. The summed E-state index contributed by atoms with van der Waals surface area (Å²) in [5.74, 6) is -0.302. The molecule has 0 atom stereocenters. The third-order valence-electron chi connectivity index (χ3n) is 13.1. The van der Waals surface area contributed by atoms with Crippen molar-refractivity contribution in [3.05, 3.63) is 259 Å². The monoisotopic (exact) mass is 849 g/mol. The topological polar surface area (TPSA) is 10.8 Å². The van der Waals surface area contributed by atoms with E-state index in [1.54, 1.807) is 6.07 Å². The number of rotatable bonds is 9. The molecule has 66 heavy (non-hydrogen) atoms. The van der Waals surface area contributed by atoms with E-state index in [0.29, 0.717) is 11.4 Å². The number of nitrogens with zero attached hydrogens (tertiary/aromatic N) is 3. The zero-order valence-corrected chi connectivity index (χ0v) is 36.7. The number of anilines is 6. The Morgan fingerprint density at radius 2 is 0.909 bits per heavy atom. The minimum absolute atomic E-state index is 0.302. The van der Waals surface area contributed by atoms with Crippen LogP contribution < -0.4 is 9.80 Å². The third kappa shape index (κ3) is 6.99. The van der Waals surface area contributed by atoms with Crippen LogP contribution in [0.15, 0.2) is 231 Å². The van der Waals surface area contributed by atoms with Crippen molar-refractivity contribution in [1.82, 2.24) is 0 Å². The lowest BCUT2D eigenvalue weighted by Crippen LogP contribution is -2.17. The van der Waals surface area contributed by atoms with Crippen LogP contribution in [0.1, 0.15) is 25.0 Å². The fourth-order valence-electron chi connectivity index (χ4n) is 9.86. The summed E-state index contributed by atoms with van der Waals surface area (Å²) >= 11 is 0. The first-order valence-electron chi connectivity index (χ1n) is 22.3. The fourth-order valence-corrected chi connectivity index (χ4v) is 9.86. The number of fused-ring (bicyclic) bond motifs is 5. The van der Waals surface area contributed by atoms with Gasteiger partial charge in [0.1, 0.15) is 5.82 Å². The summed E-state index contributed by atoms with van der Waals surface area (Å²) in [5, 5.41) is 2.36. The molecule has 0 unspecified atom stereocenters. The maximum absolute atomic E-state index is 17.1. The van der Waals surface area contributed by atoms with Crippen molar-refractivity contribution >= 4 is 50.6 Å². The molecule has 1 aliphatic rings. The van der Waals surface area contributed by atoms with E-state index in [0.717, 1.165) is 67.2 Å². The first kappa shape index (κ1) is 40.3. The smallest absolute Gasteiger partial charge is 0.187 e. The van der Waals surface area contributed by atoms with E-state index in [1.807, 2.05) is 126 Å². The van der Waals surface area contributed by atoms with Crippen molar-refractivity contribution in [3.8, 4) is 44.5 Å². The largest absolute Gasteiger partial charge is 0.310 e. The van der Waals surface area contributed by atoms with Gasteiger partial charge < -0.3 is 9.80 Å². The highest BCUT2D eigenvalue weighted by Crippen LogP contribution is 2.55. The van der Waals surface area contributed by atoms with Crippen molar-refractivity contribution in [2.75, 3.05) is 9.80 Å². The standard InChI is InChI=1S/C62H44FN3/c1-62(2)56-39-45(30-37-54(56)60-53-27-17-16-26-52(53)59(41-57(60)62)65(48-22-12-6-13-23-48)50-35-31-47(64-3)32-36-50)43-28-33-51(34-29-43)66(49-24-14-7-15-25-49)61-55(44-20-10-5-11-21-44)38-46(40-58(61)63)42-18-8-4-9-19-42/h4-41H,1-2H3. The Bertz CT molecular complexity index is 3430. The second kappa shape index (κ2) is 16.6. The zero-order chi connectivity index (χ0) is 44.8. The normalized spacial score (nSPS) is 12.3. The van der Waals surface area contributed by atoms with Crippen molar-refractivity contribution in [3.63, 3.8) is 0 Å². The quantitative estimate of drug-likeness (QED) is 0.134. The van der Waals surface area contributed by atoms with Crippen LogP contribution >= 0.6 is 0 Å². The summed E-state index contributed by atoms with van der Waals surface area (Å²) in [4.78, 5) is 8.02. The zero-order valence-electron chi connectivity index (χ0n) is 36.7. The first-order chi connectivity index (χ1) is 32.4. The average molecular weight is 850 g/mol. The molecule has 0 N–H and O–H groups in total. The van der Waals surface area contributed by atoms with Gasteiger partial charge in [-0.25, -0.2) is 9.24 Å². The van der Waals surface area contributed by atoms with Gasteiger partial charge in [0.25, 0.3) is 0 Å². The van der Waals surface area contributed by atoms with Crippen molar-refractivity contribution in [2.45, 2.75) is 19.3 Å². The Balaban J connectivity index is 1.01. The van der Waals surface area contributed by atoms with Crippen LogP contribution in [0.2, 0.25) is 0 Å². The molecule has 10 aromatic rings. The predicted octanol–water partition coefficient (Wildman–Crippen LogP) is 17.8. The number of halogens is 1. The van der Waals surface area contributed by atoms with E-state index >= 15 is 4.39 Å². The van der Waals surface area contributed by atoms with Gasteiger partial charge in [0.15, 0.2) is 5.69 Å². The van der Waals surface area contributed by atoms with Crippen LogP contribution in [0.4, 0.5) is 44.2 Å². The lowest BCUT2D eigenvalue weighted by molar-refractivity contribution is 0.630. The third-order valence-corrected chi connectivity index (χ3v) is 13.1. The molecule has 11 rings (SSSR count). The Morgan fingerprint density at radius 1 is 0.409 bits per heavy atom. The molecule has 0 bridgehead atoms. The molecule has 0 aromatic heterocycles. The van der Waals surface area contributed by atoms with Crippen LogP contribution in [0.3, 0.4) is 0 Å². The van der Waals surface area contributed by atoms with Crippen LogP contribution in [-0.2, 0) is 5.41 Å². The average Bonchev–Trinajstić information content (AvgIpc) is 3.61. The van der Waals surface area contributed by atoms with Gasteiger partial charge in [-0.15, -0.1) is 0 Å². The van der Waals surface area contributed by atoms with E-state index in [-0.39, 0.29) is 11.2 Å². The van der Waals surface area contributed by atoms with E-state index in [9.17, 15) is 0 Å². The van der Waals surface area contributed by atoms with E-state index in [1.165, 1.54) is 27.6 Å². The van der Waals surface area contributed by atoms with Gasteiger partial charge in [0.05, 0.1) is 17.9 Å². The van der Waals surface area contributed by atoms with E-state index in [4.69, 9.17) is 6.57 Å². The van der Waals surface area contributed by atoms with Gasteiger partial charge in [-0.3, -0.25) is 0 Å². The second-order valence-corrected chi connectivity index (χ2v) is 17.4. The highest BCUT2D eigenvalue weighted by atomic mass is 19.1. The predicted molar refractivity (Wildman–Crippen MR) is 273 cm³/mol. The molecule has 0 fully saturated rings. The Labute approximate surface area is 385 Å². The minimum atomic E-state index is -0.322. The van der Waals surface area contributed by atoms with Gasteiger partial charge in [0, 0.05) is 39.1 Å². The molecule has 0 saturated heterocycles. The highest BCUT2D eigenvalue weighted by Gasteiger charge is 2.38. The Hall–Kier alpha value is -8.52. The number of hydrogen-bond donors (Lipinski definition) is 0. The first-order valence-corrected chi connectivity index (χ1v) is 22.3. The van der Waals surface area contributed by atoms with Crippen LogP contribution in [0.5, 0.6) is 0 Å². The van der Waals surface area contributed by atoms with Crippen LogP contribution in [0, 0.1) is 12.4 Å². The molecule has 0 heterocycles. The van der Waals surface area contributed by atoms with E-state index in [2.05, 4.69) is 127 Å². The van der Waals surface area contributed by atoms with Crippen molar-refractivity contribution < 1.29 is 4.39 Å². The number of hydrogen-bond acceptors (Lipinski definition) is 2. The van der Waals surface area contributed by atoms with Crippen molar-refractivity contribution in [1.29, 1.82) is 0 Å².